The van der Waals surface area contributed by atoms with Crippen LogP contribution in [0.25, 0.3) is 11.0 Å². The molecule has 0 radical (unpaired) electrons. The van der Waals surface area contributed by atoms with Gasteiger partial charge in [-0.05, 0) is 55.3 Å². The third-order valence-electron chi connectivity index (χ3n) is 4.66. The van der Waals surface area contributed by atoms with Crippen molar-refractivity contribution in [3.8, 4) is 5.75 Å². The van der Waals surface area contributed by atoms with Gasteiger partial charge in [0.1, 0.15) is 11.6 Å². The third-order valence-corrected chi connectivity index (χ3v) is 6.77. The lowest BCUT2D eigenvalue weighted by Gasteiger charge is -2.19. The summed E-state index contributed by atoms with van der Waals surface area (Å²) in [5.74, 6) is 0.630. The Hall–Kier alpha value is -2.91. The van der Waals surface area contributed by atoms with E-state index in [1.165, 1.54) is 18.5 Å². The fraction of sp³-hybridized carbons (Fsp3) is 0.300. The van der Waals surface area contributed by atoms with Crippen molar-refractivity contribution in [3.63, 3.8) is 0 Å². The third kappa shape index (κ3) is 3.96. The van der Waals surface area contributed by atoms with Crippen LogP contribution in [0, 0.1) is 13.8 Å². The molecule has 3 aromatic rings. The van der Waals surface area contributed by atoms with Crippen LogP contribution in [0.2, 0.25) is 0 Å². The highest BCUT2D eigenvalue weighted by molar-refractivity contribution is 7.89. The first-order chi connectivity index (χ1) is 13.7. The number of aromatic nitrogens is 2. The van der Waals surface area contributed by atoms with Crippen LogP contribution in [0.4, 0.5) is 0 Å². The van der Waals surface area contributed by atoms with Crippen LogP contribution in [-0.4, -0.2) is 49.9 Å². The number of fused-ring (bicyclic) bond motifs is 1. The molecule has 2 aromatic carbocycles. The Bertz CT molecular complexity index is 1160. The smallest absolute Gasteiger partial charge is 0.337 e. The summed E-state index contributed by atoms with van der Waals surface area (Å²) in [6.45, 7) is 3.53. The first kappa shape index (κ1) is 20.8. The van der Waals surface area contributed by atoms with Crippen LogP contribution in [0.3, 0.4) is 0 Å². The van der Waals surface area contributed by atoms with Crippen LogP contribution in [0.1, 0.15) is 27.3 Å². The van der Waals surface area contributed by atoms with Crippen molar-refractivity contribution < 1.29 is 22.7 Å². The van der Waals surface area contributed by atoms with E-state index in [1.54, 1.807) is 51.3 Å². The first-order valence-corrected chi connectivity index (χ1v) is 10.3. The number of sulfonamides is 1. The van der Waals surface area contributed by atoms with E-state index < -0.39 is 16.0 Å². The molecule has 0 aliphatic rings. The minimum atomic E-state index is -3.74. The number of methoxy groups -OCH3 is 2. The molecule has 3 rings (SSSR count). The molecule has 29 heavy (non-hydrogen) atoms. The van der Waals surface area contributed by atoms with Crippen LogP contribution < -0.4 is 4.74 Å². The number of ether oxygens (including phenoxy) is 2. The summed E-state index contributed by atoms with van der Waals surface area (Å²) in [6.07, 6.45) is 0. The zero-order chi connectivity index (χ0) is 21.3. The molecule has 1 aromatic heterocycles. The molecule has 0 unspecified atom stereocenters. The van der Waals surface area contributed by atoms with Gasteiger partial charge in [-0.1, -0.05) is 0 Å². The van der Waals surface area contributed by atoms with Crippen molar-refractivity contribution in [3.05, 3.63) is 52.8 Å². The molecule has 0 atom stereocenters. The van der Waals surface area contributed by atoms with Crippen molar-refractivity contribution in [2.75, 3.05) is 21.3 Å². The maximum absolute atomic E-state index is 13.2. The number of carbonyl (C=O) groups is 1. The van der Waals surface area contributed by atoms with Gasteiger partial charge < -0.3 is 14.5 Å². The van der Waals surface area contributed by atoms with Crippen molar-refractivity contribution in [1.29, 1.82) is 0 Å². The topological polar surface area (TPSA) is 102 Å². The molecular weight excluding hydrogens is 394 g/mol. The average Bonchev–Trinajstić information content (AvgIpc) is 3.07. The Kier molecular flexibility index (Phi) is 5.63. The number of imidazole rings is 1. The normalized spacial score (nSPS) is 11.8. The zero-order valence-electron chi connectivity index (χ0n) is 16.9. The van der Waals surface area contributed by atoms with E-state index in [9.17, 15) is 13.2 Å². The molecule has 0 aliphatic heterocycles. The summed E-state index contributed by atoms with van der Waals surface area (Å²) < 4.78 is 37.5. The van der Waals surface area contributed by atoms with Crippen LogP contribution >= 0.6 is 0 Å². The van der Waals surface area contributed by atoms with E-state index in [0.717, 1.165) is 0 Å². The molecule has 0 spiro atoms. The number of aromatic amines is 1. The molecule has 0 saturated carbocycles. The van der Waals surface area contributed by atoms with Gasteiger partial charge in [-0.3, -0.25) is 0 Å². The van der Waals surface area contributed by atoms with Crippen molar-refractivity contribution in [2.24, 2.45) is 0 Å². The number of rotatable bonds is 6. The Morgan fingerprint density at radius 2 is 1.79 bits per heavy atom. The van der Waals surface area contributed by atoms with Gasteiger partial charge in [-0.15, -0.1) is 0 Å². The number of hydrogen-bond acceptors (Lipinski definition) is 6. The highest BCUT2D eigenvalue weighted by Crippen LogP contribution is 2.28. The van der Waals surface area contributed by atoms with E-state index >= 15 is 0 Å². The lowest BCUT2D eigenvalue weighted by molar-refractivity contribution is 0.0601. The van der Waals surface area contributed by atoms with E-state index in [2.05, 4.69) is 9.97 Å². The highest BCUT2D eigenvalue weighted by Gasteiger charge is 2.26. The van der Waals surface area contributed by atoms with Gasteiger partial charge in [0.2, 0.25) is 10.0 Å². The van der Waals surface area contributed by atoms with Crippen molar-refractivity contribution in [1.82, 2.24) is 14.3 Å². The van der Waals surface area contributed by atoms with Gasteiger partial charge in [-0.25, -0.2) is 18.2 Å². The summed E-state index contributed by atoms with van der Waals surface area (Å²) in [7, 11) is 0.619. The molecule has 8 nitrogen and oxygen atoms in total. The number of nitrogens with zero attached hydrogens (tertiary/aromatic N) is 2. The molecule has 0 saturated heterocycles. The summed E-state index contributed by atoms with van der Waals surface area (Å²) in [6, 6.07) is 8.33. The predicted molar refractivity (Wildman–Crippen MR) is 109 cm³/mol. The number of carbonyl (C=O) groups excluding carboxylic acids is 1. The minimum absolute atomic E-state index is 0.0511. The Labute approximate surface area is 169 Å². The maximum atomic E-state index is 13.2. The predicted octanol–water partition coefficient (Wildman–Crippen LogP) is 2.80. The highest BCUT2D eigenvalue weighted by atomic mass is 32.2. The van der Waals surface area contributed by atoms with Gasteiger partial charge >= 0.3 is 5.97 Å². The Morgan fingerprint density at radius 3 is 2.38 bits per heavy atom. The summed E-state index contributed by atoms with van der Waals surface area (Å²) in [5.41, 5.74) is 2.88. The van der Waals surface area contributed by atoms with E-state index in [1.807, 2.05) is 0 Å². The monoisotopic (exact) mass is 417 g/mol. The second-order valence-electron chi connectivity index (χ2n) is 6.76. The number of nitrogens with one attached hydrogen (secondary N) is 1. The number of benzene rings is 2. The molecule has 0 fully saturated rings. The first-order valence-electron chi connectivity index (χ1n) is 8.86. The van der Waals surface area contributed by atoms with E-state index in [-0.39, 0.29) is 11.4 Å². The quantitative estimate of drug-likeness (QED) is 0.619. The Balaban J connectivity index is 1.91. The van der Waals surface area contributed by atoms with Crippen molar-refractivity contribution >= 4 is 27.0 Å². The van der Waals surface area contributed by atoms with Crippen LogP contribution in [0.15, 0.2) is 35.2 Å². The minimum Gasteiger partial charge on any atom is -0.497 e. The van der Waals surface area contributed by atoms with Gasteiger partial charge in [0.25, 0.3) is 0 Å². The number of H-pyrrole nitrogens is 1. The molecule has 154 valence electrons. The molecule has 0 aliphatic carbocycles. The number of hydrogen-bond donors (Lipinski definition) is 1. The SMILES string of the molecule is COC(=O)c1ccc2nc(CN(C)S(=O)(=O)c3c(C)cc(OC)cc3C)[nH]c2c1. The van der Waals surface area contributed by atoms with Gasteiger partial charge in [0, 0.05) is 7.05 Å². The molecule has 1 N–H and O–H groups in total. The standard InChI is InChI=1S/C20H23N3O5S/c1-12-8-15(27-4)9-13(2)19(12)29(25,26)23(3)11-18-21-16-7-6-14(20(24)28-5)10-17(16)22-18/h6-10H,11H2,1-5H3,(H,21,22). The molecule has 9 heteroatoms. The Morgan fingerprint density at radius 1 is 1.14 bits per heavy atom. The average molecular weight is 417 g/mol. The molecular formula is C20H23N3O5S. The summed E-state index contributed by atoms with van der Waals surface area (Å²) in [4.78, 5) is 19.4. The van der Waals surface area contributed by atoms with E-state index in [0.29, 0.717) is 39.3 Å². The second-order valence-corrected chi connectivity index (χ2v) is 8.74. The van der Waals surface area contributed by atoms with Crippen molar-refractivity contribution in [2.45, 2.75) is 25.3 Å². The van der Waals surface area contributed by atoms with Crippen LogP contribution in [0.5, 0.6) is 5.75 Å². The van der Waals surface area contributed by atoms with Gasteiger partial charge in [-0.2, -0.15) is 4.31 Å². The maximum Gasteiger partial charge on any atom is 0.337 e. The van der Waals surface area contributed by atoms with Gasteiger partial charge in [0.05, 0.1) is 42.3 Å². The van der Waals surface area contributed by atoms with E-state index in [4.69, 9.17) is 9.47 Å². The lowest BCUT2D eigenvalue weighted by atomic mass is 10.1. The zero-order valence-corrected chi connectivity index (χ0v) is 17.8. The largest absolute Gasteiger partial charge is 0.497 e. The van der Waals surface area contributed by atoms with Crippen LogP contribution in [-0.2, 0) is 21.3 Å². The molecule has 1 heterocycles. The lowest BCUT2D eigenvalue weighted by Crippen LogP contribution is -2.28. The second kappa shape index (κ2) is 7.84. The summed E-state index contributed by atoms with van der Waals surface area (Å²) >= 11 is 0. The van der Waals surface area contributed by atoms with Gasteiger partial charge in [0.15, 0.2) is 0 Å². The fourth-order valence-corrected chi connectivity index (χ4v) is 4.80. The molecule has 0 bridgehead atoms. The molecule has 0 amide bonds. The fourth-order valence-electron chi connectivity index (χ4n) is 3.27. The number of esters is 1. The number of aryl methyl sites for hydroxylation is 2. The summed E-state index contributed by atoms with van der Waals surface area (Å²) in [5, 5.41) is 0.